The van der Waals surface area contributed by atoms with E-state index in [4.69, 9.17) is 0 Å². The van der Waals surface area contributed by atoms with Crippen molar-refractivity contribution in [3.63, 3.8) is 0 Å². The maximum absolute atomic E-state index is 12.4. The first-order valence-electron chi connectivity index (χ1n) is 8.39. The highest BCUT2D eigenvalue weighted by atomic mass is 16.2. The normalized spacial score (nSPS) is 15.2. The average Bonchev–Trinajstić information content (AvgIpc) is 3.01. The van der Waals surface area contributed by atoms with Gasteiger partial charge in [0.05, 0.1) is 12.5 Å². The summed E-state index contributed by atoms with van der Waals surface area (Å²) >= 11 is 0. The Kier molecular flexibility index (Phi) is 5.25. The number of rotatable bonds is 5. The number of para-hydroxylation sites is 1. The lowest BCUT2D eigenvalue weighted by atomic mass is 10.2. The van der Waals surface area contributed by atoms with Crippen molar-refractivity contribution in [2.45, 2.75) is 25.7 Å². The van der Waals surface area contributed by atoms with Crippen molar-refractivity contribution in [3.05, 3.63) is 48.5 Å². The molecule has 0 unspecified atom stereocenters. The van der Waals surface area contributed by atoms with Crippen LogP contribution in [0.15, 0.2) is 42.9 Å². The van der Waals surface area contributed by atoms with Gasteiger partial charge in [0.1, 0.15) is 5.69 Å². The van der Waals surface area contributed by atoms with Crippen LogP contribution in [0.1, 0.15) is 36.2 Å². The monoisotopic (exact) mass is 326 g/mol. The summed E-state index contributed by atoms with van der Waals surface area (Å²) in [6, 6.07) is 9.62. The van der Waals surface area contributed by atoms with Crippen LogP contribution in [0.4, 0.5) is 0 Å². The molecule has 24 heavy (non-hydrogen) atoms. The zero-order valence-corrected chi connectivity index (χ0v) is 13.6. The van der Waals surface area contributed by atoms with Gasteiger partial charge in [-0.15, -0.1) is 0 Å². The van der Waals surface area contributed by atoms with E-state index in [-0.39, 0.29) is 11.8 Å². The molecule has 3 rings (SSSR count). The van der Waals surface area contributed by atoms with Crippen LogP contribution in [0.2, 0.25) is 0 Å². The van der Waals surface area contributed by atoms with Crippen LogP contribution < -0.4 is 5.32 Å². The Bertz CT molecular complexity index is 696. The minimum absolute atomic E-state index is 0.182. The summed E-state index contributed by atoms with van der Waals surface area (Å²) in [4.78, 5) is 30.3. The molecule has 1 N–H and O–H groups in total. The minimum Gasteiger partial charge on any atom is -0.349 e. The number of likely N-dealkylation sites (tertiary alicyclic amines) is 1. The molecular weight excluding hydrogens is 304 g/mol. The van der Waals surface area contributed by atoms with Crippen LogP contribution >= 0.6 is 0 Å². The van der Waals surface area contributed by atoms with Gasteiger partial charge in [0, 0.05) is 31.7 Å². The summed E-state index contributed by atoms with van der Waals surface area (Å²) in [5.74, 6) is 0.00898. The van der Waals surface area contributed by atoms with E-state index >= 15 is 0 Å². The lowest BCUT2D eigenvalue weighted by Gasteiger charge is -2.20. The molecule has 1 aromatic heterocycles. The second kappa shape index (κ2) is 7.77. The number of hydrogen-bond donors (Lipinski definition) is 1. The van der Waals surface area contributed by atoms with Gasteiger partial charge in [0.25, 0.3) is 5.91 Å². The molecule has 2 amide bonds. The first-order valence-corrected chi connectivity index (χ1v) is 8.39. The molecule has 0 radical (unpaired) electrons. The molecule has 1 aliphatic rings. The van der Waals surface area contributed by atoms with E-state index in [0.717, 1.165) is 31.5 Å². The maximum Gasteiger partial charge on any atom is 0.269 e. The quantitative estimate of drug-likeness (QED) is 0.914. The van der Waals surface area contributed by atoms with Crippen LogP contribution in [0.3, 0.4) is 0 Å². The van der Waals surface area contributed by atoms with Crippen molar-refractivity contribution in [2.24, 2.45) is 0 Å². The van der Waals surface area contributed by atoms with Gasteiger partial charge in [-0.05, 0) is 25.0 Å². The largest absolute Gasteiger partial charge is 0.349 e. The molecule has 0 aliphatic carbocycles. The van der Waals surface area contributed by atoms with Crippen LogP contribution in [0.25, 0.3) is 5.69 Å². The van der Waals surface area contributed by atoms with Crippen LogP contribution in [0, 0.1) is 0 Å². The summed E-state index contributed by atoms with van der Waals surface area (Å²) < 4.78 is 1.76. The van der Waals surface area contributed by atoms with Gasteiger partial charge in [0.15, 0.2) is 0 Å². The Morgan fingerprint density at radius 3 is 2.83 bits per heavy atom. The van der Waals surface area contributed by atoms with Crippen LogP contribution in [0.5, 0.6) is 0 Å². The molecule has 0 atom stereocenters. The van der Waals surface area contributed by atoms with E-state index in [1.165, 1.54) is 0 Å². The van der Waals surface area contributed by atoms with Gasteiger partial charge in [-0.1, -0.05) is 24.6 Å². The first-order chi connectivity index (χ1) is 11.8. The summed E-state index contributed by atoms with van der Waals surface area (Å²) in [6.07, 6.45) is 6.92. The predicted octanol–water partition coefficient (Wildman–Crippen LogP) is 2.00. The van der Waals surface area contributed by atoms with Gasteiger partial charge < -0.3 is 10.2 Å². The number of imidazole rings is 1. The van der Waals surface area contributed by atoms with E-state index < -0.39 is 0 Å². The fourth-order valence-corrected chi connectivity index (χ4v) is 2.93. The molecule has 2 aromatic rings. The Morgan fingerprint density at radius 1 is 1.17 bits per heavy atom. The Morgan fingerprint density at radius 2 is 2.00 bits per heavy atom. The summed E-state index contributed by atoms with van der Waals surface area (Å²) in [5, 5.41) is 2.89. The molecule has 1 aromatic carbocycles. The van der Waals surface area contributed by atoms with Crippen molar-refractivity contribution in [1.29, 1.82) is 0 Å². The number of nitrogens with one attached hydrogen (secondary N) is 1. The summed E-state index contributed by atoms with van der Waals surface area (Å²) in [7, 11) is 0. The van der Waals surface area contributed by atoms with Crippen LogP contribution in [-0.4, -0.2) is 45.9 Å². The van der Waals surface area contributed by atoms with E-state index in [9.17, 15) is 9.59 Å². The molecule has 2 heterocycles. The van der Waals surface area contributed by atoms with Gasteiger partial charge in [0.2, 0.25) is 5.91 Å². The highest BCUT2D eigenvalue weighted by Gasteiger charge is 2.17. The van der Waals surface area contributed by atoms with Crippen molar-refractivity contribution in [2.75, 3.05) is 19.6 Å². The second-order valence-electron chi connectivity index (χ2n) is 5.93. The number of benzene rings is 1. The lowest BCUT2D eigenvalue weighted by Crippen LogP contribution is -2.38. The van der Waals surface area contributed by atoms with E-state index in [2.05, 4.69) is 10.3 Å². The smallest absolute Gasteiger partial charge is 0.269 e. The van der Waals surface area contributed by atoms with E-state index in [1.54, 1.807) is 17.1 Å². The molecule has 0 bridgehead atoms. The number of hydrogen-bond acceptors (Lipinski definition) is 3. The molecule has 126 valence electrons. The van der Waals surface area contributed by atoms with E-state index in [0.29, 0.717) is 25.2 Å². The first kappa shape index (κ1) is 16.2. The fraction of sp³-hybridized carbons (Fsp3) is 0.389. The van der Waals surface area contributed by atoms with Crippen LogP contribution in [-0.2, 0) is 4.79 Å². The number of carbonyl (C=O) groups is 2. The van der Waals surface area contributed by atoms with Gasteiger partial charge in [-0.2, -0.15) is 0 Å². The molecule has 1 saturated heterocycles. The molecule has 0 saturated carbocycles. The summed E-state index contributed by atoms with van der Waals surface area (Å²) in [6.45, 7) is 1.80. The SMILES string of the molecule is O=C(NCCN1CCCCCC1=O)c1cncn1-c1ccccc1. The number of amides is 2. The van der Waals surface area contributed by atoms with Crippen molar-refractivity contribution >= 4 is 11.8 Å². The van der Waals surface area contributed by atoms with Crippen molar-refractivity contribution in [1.82, 2.24) is 19.8 Å². The highest BCUT2D eigenvalue weighted by Crippen LogP contribution is 2.12. The number of aromatic nitrogens is 2. The van der Waals surface area contributed by atoms with E-state index in [1.807, 2.05) is 35.2 Å². The minimum atomic E-state index is -0.182. The molecule has 6 nitrogen and oxygen atoms in total. The third-order valence-electron chi connectivity index (χ3n) is 4.24. The number of nitrogens with zero attached hydrogens (tertiary/aromatic N) is 3. The van der Waals surface area contributed by atoms with Gasteiger partial charge in [-0.25, -0.2) is 4.98 Å². The van der Waals surface area contributed by atoms with Gasteiger partial charge >= 0.3 is 0 Å². The lowest BCUT2D eigenvalue weighted by molar-refractivity contribution is -0.130. The summed E-state index contributed by atoms with van der Waals surface area (Å²) in [5.41, 5.74) is 1.38. The zero-order valence-electron chi connectivity index (χ0n) is 13.6. The molecule has 1 aliphatic heterocycles. The predicted molar refractivity (Wildman–Crippen MR) is 90.9 cm³/mol. The molecule has 1 fully saturated rings. The Hall–Kier alpha value is -2.63. The standard InChI is InChI=1S/C18H22N4O2/c23-17-9-5-2-6-11-21(17)12-10-20-18(24)16-13-19-14-22(16)15-7-3-1-4-8-15/h1,3-4,7-8,13-14H,2,5-6,9-12H2,(H,20,24). The zero-order chi connectivity index (χ0) is 16.8. The fourth-order valence-electron chi connectivity index (χ4n) is 2.93. The van der Waals surface area contributed by atoms with Crippen molar-refractivity contribution in [3.8, 4) is 5.69 Å². The third kappa shape index (κ3) is 3.82. The average molecular weight is 326 g/mol. The molecular formula is C18H22N4O2. The number of carbonyl (C=O) groups excluding carboxylic acids is 2. The maximum atomic E-state index is 12.4. The highest BCUT2D eigenvalue weighted by molar-refractivity contribution is 5.93. The van der Waals surface area contributed by atoms with Gasteiger partial charge in [-0.3, -0.25) is 14.2 Å². The third-order valence-corrected chi connectivity index (χ3v) is 4.24. The second-order valence-corrected chi connectivity index (χ2v) is 5.93. The molecule has 0 spiro atoms. The topological polar surface area (TPSA) is 67.2 Å². The van der Waals surface area contributed by atoms with Crippen molar-refractivity contribution < 1.29 is 9.59 Å². The molecule has 6 heteroatoms. The Balaban J connectivity index is 1.58. The Labute approximate surface area is 141 Å².